The standard InChI is InChI=1S/C19H26O6/c1-18(2)22-13-12(20)14-17(25-19(3,4)23-14)15(16(13)24-18)21-10-11-8-6-5-7-9-11/h5-9,12-17,20H,10H2,1-4H3/t12-,13-,14+,15-,16+,17-. The first-order valence-corrected chi connectivity index (χ1v) is 8.81. The van der Waals surface area contributed by atoms with Crippen LogP contribution >= 0.6 is 0 Å². The van der Waals surface area contributed by atoms with Gasteiger partial charge in [-0.05, 0) is 33.3 Å². The van der Waals surface area contributed by atoms with Crippen molar-refractivity contribution in [2.24, 2.45) is 0 Å². The van der Waals surface area contributed by atoms with Crippen molar-refractivity contribution in [1.82, 2.24) is 0 Å². The number of aliphatic hydroxyl groups excluding tert-OH is 1. The van der Waals surface area contributed by atoms with E-state index in [1.165, 1.54) is 0 Å². The van der Waals surface area contributed by atoms with Gasteiger partial charge in [0, 0.05) is 0 Å². The summed E-state index contributed by atoms with van der Waals surface area (Å²) >= 11 is 0. The summed E-state index contributed by atoms with van der Waals surface area (Å²) in [5.41, 5.74) is 1.07. The fourth-order valence-electron chi connectivity index (χ4n) is 4.00. The molecule has 1 aromatic rings. The molecule has 3 fully saturated rings. The Balaban J connectivity index is 1.59. The zero-order valence-corrected chi connectivity index (χ0v) is 15.0. The van der Waals surface area contributed by atoms with Gasteiger partial charge in [-0.25, -0.2) is 0 Å². The summed E-state index contributed by atoms with van der Waals surface area (Å²) in [5.74, 6) is -1.56. The quantitative estimate of drug-likeness (QED) is 0.899. The van der Waals surface area contributed by atoms with E-state index in [4.69, 9.17) is 23.7 Å². The van der Waals surface area contributed by atoms with Crippen molar-refractivity contribution in [3.63, 3.8) is 0 Å². The molecule has 2 aliphatic heterocycles. The summed E-state index contributed by atoms with van der Waals surface area (Å²) in [6.45, 7) is 7.80. The number of rotatable bonds is 3. The lowest BCUT2D eigenvalue weighted by atomic mass is 9.85. The van der Waals surface area contributed by atoms with Crippen LogP contribution in [0.25, 0.3) is 0 Å². The van der Waals surface area contributed by atoms with Crippen molar-refractivity contribution in [2.45, 2.75) is 82.5 Å². The first kappa shape index (κ1) is 17.4. The Labute approximate surface area is 148 Å². The van der Waals surface area contributed by atoms with E-state index < -0.39 is 42.1 Å². The summed E-state index contributed by atoms with van der Waals surface area (Å²) in [7, 11) is 0. The first-order valence-electron chi connectivity index (χ1n) is 8.81. The van der Waals surface area contributed by atoms with E-state index in [9.17, 15) is 5.11 Å². The fraction of sp³-hybridized carbons (Fsp3) is 0.684. The van der Waals surface area contributed by atoms with Crippen LogP contribution in [0.4, 0.5) is 0 Å². The predicted octanol–water partition coefficient (Wildman–Crippen LogP) is 1.99. The second-order valence-electron chi connectivity index (χ2n) is 7.88. The van der Waals surface area contributed by atoms with E-state index in [1.807, 2.05) is 58.0 Å². The summed E-state index contributed by atoms with van der Waals surface area (Å²) in [5, 5.41) is 10.8. The maximum absolute atomic E-state index is 10.8. The van der Waals surface area contributed by atoms with Crippen LogP contribution < -0.4 is 0 Å². The Bertz CT molecular complexity index is 584. The minimum Gasteiger partial charge on any atom is -0.387 e. The molecule has 2 saturated heterocycles. The van der Waals surface area contributed by atoms with E-state index in [-0.39, 0.29) is 6.10 Å². The van der Waals surface area contributed by atoms with Gasteiger partial charge >= 0.3 is 0 Å². The predicted molar refractivity (Wildman–Crippen MR) is 88.7 cm³/mol. The number of aliphatic hydroxyl groups is 1. The molecular formula is C19H26O6. The molecule has 1 saturated carbocycles. The molecular weight excluding hydrogens is 324 g/mol. The summed E-state index contributed by atoms with van der Waals surface area (Å²) in [6.07, 6.45) is -3.04. The van der Waals surface area contributed by atoms with Crippen molar-refractivity contribution >= 4 is 0 Å². The van der Waals surface area contributed by atoms with Crippen LogP contribution in [0.1, 0.15) is 33.3 Å². The van der Waals surface area contributed by atoms with Gasteiger partial charge in [-0.1, -0.05) is 30.3 Å². The molecule has 0 unspecified atom stereocenters. The van der Waals surface area contributed by atoms with Crippen LogP contribution in [-0.2, 0) is 30.3 Å². The van der Waals surface area contributed by atoms with Crippen LogP contribution in [0.2, 0.25) is 0 Å². The molecule has 25 heavy (non-hydrogen) atoms. The Hall–Kier alpha value is -1.02. The molecule has 4 rings (SSSR count). The number of hydrogen-bond donors (Lipinski definition) is 1. The zero-order valence-electron chi connectivity index (χ0n) is 15.0. The number of fused-ring (bicyclic) bond motifs is 2. The van der Waals surface area contributed by atoms with Crippen LogP contribution in [-0.4, -0.2) is 53.3 Å². The van der Waals surface area contributed by atoms with Crippen molar-refractivity contribution in [3.8, 4) is 0 Å². The highest BCUT2D eigenvalue weighted by Crippen LogP contribution is 2.45. The highest BCUT2D eigenvalue weighted by atomic mass is 16.8. The Morgan fingerprint density at radius 3 is 1.84 bits per heavy atom. The van der Waals surface area contributed by atoms with Crippen LogP contribution in [0.5, 0.6) is 0 Å². The van der Waals surface area contributed by atoms with E-state index in [0.717, 1.165) is 5.56 Å². The number of ether oxygens (including phenoxy) is 5. The maximum atomic E-state index is 10.8. The highest BCUT2D eigenvalue weighted by molar-refractivity contribution is 5.14. The minimum atomic E-state index is -0.824. The minimum absolute atomic E-state index is 0.387. The number of benzene rings is 1. The average molecular weight is 350 g/mol. The van der Waals surface area contributed by atoms with Gasteiger partial charge in [0.05, 0.1) is 6.61 Å². The van der Waals surface area contributed by atoms with Gasteiger partial charge in [-0.2, -0.15) is 0 Å². The van der Waals surface area contributed by atoms with E-state index in [1.54, 1.807) is 0 Å². The first-order chi connectivity index (χ1) is 11.8. The average Bonchev–Trinajstić information content (AvgIpc) is 3.04. The largest absolute Gasteiger partial charge is 0.387 e. The van der Waals surface area contributed by atoms with Crippen LogP contribution in [0, 0.1) is 0 Å². The van der Waals surface area contributed by atoms with Gasteiger partial charge in [-0.3, -0.25) is 0 Å². The summed E-state index contributed by atoms with van der Waals surface area (Å²) < 4.78 is 30.2. The van der Waals surface area contributed by atoms with Gasteiger partial charge < -0.3 is 28.8 Å². The van der Waals surface area contributed by atoms with Crippen LogP contribution in [0.3, 0.4) is 0 Å². The van der Waals surface area contributed by atoms with Gasteiger partial charge in [-0.15, -0.1) is 0 Å². The number of hydrogen-bond acceptors (Lipinski definition) is 6. The Kier molecular flexibility index (Phi) is 4.18. The molecule has 6 heteroatoms. The zero-order chi connectivity index (χ0) is 17.8. The van der Waals surface area contributed by atoms with Crippen molar-refractivity contribution in [1.29, 1.82) is 0 Å². The van der Waals surface area contributed by atoms with Crippen molar-refractivity contribution in [3.05, 3.63) is 35.9 Å². The maximum Gasteiger partial charge on any atom is 0.164 e. The molecule has 138 valence electrons. The molecule has 3 aliphatic rings. The molecule has 6 nitrogen and oxygen atoms in total. The second-order valence-corrected chi connectivity index (χ2v) is 7.88. The third-order valence-corrected chi connectivity index (χ3v) is 4.93. The molecule has 0 radical (unpaired) electrons. The Morgan fingerprint density at radius 1 is 0.840 bits per heavy atom. The molecule has 0 spiro atoms. The fourth-order valence-corrected chi connectivity index (χ4v) is 4.00. The third kappa shape index (κ3) is 3.23. The molecule has 0 bridgehead atoms. The lowest BCUT2D eigenvalue weighted by molar-refractivity contribution is -0.190. The van der Waals surface area contributed by atoms with E-state index >= 15 is 0 Å². The second kappa shape index (κ2) is 6.01. The van der Waals surface area contributed by atoms with Crippen LogP contribution in [0.15, 0.2) is 30.3 Å². The topological polar surface area (TPSA) is 66.4 Å². The molecule has 0 aromatic heterocycles. The van der Waals surface area contributed by atoms with Gasteiger partial charge in [0.25, 0.3) is 0 Å². The third-order valence-electron chi connectivity index (χ3n) is 4.93. The van der Waals surface area contributed by atoms with E-state index in [0.29, 0.717) is 6.61 Å². The molecule has 1 aliphatic carbocycles. The van der Waals surface area contributed by atoms with Gasteiger partial charge in [0.15, 0.2) is 11.6 Å². The Morgan fingerprint density at radius 2 is 1.32 bits per heavy atom. The van der Waals surface area contributed by atoms with Crippen molar-refractivity contribution in [2.75, 3.05) is 0 Å². The SMILES string of the molecule is CC1(C)O[C@@H]2[C@@H](OCc3ccccc3)[C@@H]3OC(C)(C)O[C@H]3[C@H](O)[C@H]2O1. The monoisotopic (exact) mass is 350 g/mol. The van der Waals surface area contributed by atoms with E-state index in [2.05, 4.69) is 0 Å². The van der Waals surface area contributed by atoms with Crippen molar-refractivity contribution < 1.29 is 28.8 Å². The smallest absolute Gasteiger partial charge is 0.164 e. The molecule has 6 atom stereocenters. The van der Waals surface area contributed by atoms with Gasteiger partial charge in [0.2, 0.25) is 0 Å². The molecule has 0 amide bonds. The lowest BCUT2D eigenvalue weighted by Crippen LogP contribution is -2.62. The van der Waals surface area contributed by atoms with Gasteiger partial charge in [0.1, 0.15) is 36.6 Å². The normalized spacial score (nSPS) is 41.3. The summed E-state index contributed by atoms with van der Waals surface area (Å²) in [4.78, 5) is 0. The highest BCUT2D eigenvalue weighted by Gasteiger charge is 2.63. The lowest BCUT2D eigenvalue weighted by Gasteiger charge is -2.40. The molecule has 2 heterocycles. The summed E-state index contributed by atoms with van der Waals surface area (Å²) in [6, 6.07) is 9.95. The molecule has 1 aromatic carbocycles. The molecule has 1 N–H and O–H groups in total.